The van der Waals surface area contributed by atoms with Crippen LogP contribution >= 0.6 is 0 Å². The van der Waals surface area contributed by atoms with Crippen LogP contribution in [0.3, 0.4) is 0 Å². The Morgan fingerprint density at radius 3 is 2.42 bits per heavy atom. The summed E-state index contributed by atoms with van der Waals surface area (Å²) in [6.07, 6.45) is 0.480. The Morgan fingerprint density at radius 2 is 1.64 bits per heavy atom. The van der Waals surface area contributed by atoms with Crippen molar-refractivity contribution in [3.05, 3.63) is 89.8 Å². The van der Waals surface area contributed by atoms with Gasteiger partial charge in [-0.1, -0.05) is 5.16 Å². The Bertz CT molecular complexity index is 1430. The van der Waals surface area contributed by atoms with Gasteiger partial charge in [-0.05, 0) is 66.7 Å². The third kappa shape index (κ3) is 4.47. The van der Waals surface area contributed by atoms with Crippen LogP contribution in [0, 0.1) is 11.6 Å². The van der Waals surface area contributed by atoms with Crippen LogP contribution in [0.4, 0.5) is 8.78 Å². The number of nitrogens with one attached hydrogen (secondary N) is 2. The van der Waals surface area contributed by atoms with E-state index in [9.17, 15) is 13.6 Å². The molecule has 2 aromatic heterocycles. The first-order valence-electron chi connectivity index (χ1n) is 10.2. The first-order valence-corrected chi connectivity index (χ1v) is 10.2. The van der Waals surface area contributed by atoms with Gasteiger partial charge in [-0.3, -0.25) is 4.79 Å². The summed E-state index contributed by atoms with van der Waals surface area (Å²) in [7, 11) is 0. The summed E-state index contributed by atoms with van der Waals surface area (Å²) in [6, 6.07) is 16.9. The fraction of sp³-hybridized carbons (Fsp3) is 0.0833. The molecule has 2 N–H and O–H groups in total. The van der Waals surface area contributed by atoms with Crippen molar-refractivity contribution in [1.29, 1.82) is 0 Å². The molecule has 164 valence electrons. The lowest BCUT2D eigenvalue weighted by molar-refractivity contribution is 0.0954. The van der Waals surface area contributed by atoms with E-state index in [-0.39, 0.29) is 17.5 Å². The highest BCUT2D eigenvalue weighted by molar-refractivity contribution is 5.94. The SMILES string of the molecule is O=C(NCCc1nc2ccc(F)cc2[nH]1)c1ccc(-c2nc(-c3ccc(F)cc3)no2)cc1. The standard InChI is InChI=1S/C24H17F2N5O2/c25-17-7-5-14(6-8-17)22-30-24(33-31-22)16-3-1-15(2-4-16)23(32)27-12-11-21-28-19-10-9-18(26)13-20(19)29-21/h1-10,13H,11-12H2,(H,27,32)(H,28,29). The average molecular weight is 445 g/mol. The molecule has 1 amide bonds. The third-order valence-electron chi connectivity index (χ3n) is 5.06. The van der Waals surface area contributed by atoms with E-state index in [1.165, 1.54) is 24.3 Å². The number of halogens is 2. The van der Waals surface area contributed by atoms with Crippen molar-refractivity contribution in [2.45, 2.75) is 6.42 Å². The number of carbonyl (C=O) groups is 1. The molecule has 0 saturated heterocycles. The van der Waals surface area contributed by atoms with Gasteiger partial charge < -0.3 is 14.8 Å². The molecule has 0 atom stereocenters. The smallest absolute Gasteiger partial charge is 0.258 e. The maximum atomic E-state index is 13.3. The zero-order valence-corrected chi connectivity index (χ0v) is 17.2. The minimum Gasteiger partial charge on any atom is -0.352 e. The molecule has 2 heterocycles. The van der Waals surface area contributed by atoms with Gasteiger partial charge in [-0.15, -0.1) is 0 Å². The van der Waals surface area contributed by atoms with E-state index < -0.39 is 0 Å². The van der Waals surface area contributed by atoms with Crippen LogP contribution in [-0.2, 0) is 6.42 Å². The van der Waals surface area contributed by atoms with Crippen LogP contribution in [0.2, 0.25) is 0 Å². The number of rotatable bonds is 6. The molecule has 0 aliphatic heterocycles. The van der Waals surface area contributed by atoms with Crippen LogP contribution in [0.25, 0.3) is 33.9 Å². The van der Waals surface area contributed by atoms with Gasteiger partial charge in [0.1, 0.15) is 17.5 Å². The lowest BCUT2D eigenvalue weighted by Crippen LogP contribution is -2.25. The number of carbonyl (C=O) groups excluding carboxylic acids is 1. The second-order valence-electron chi connectivity index (χ2n) is 7.36. The van der Waals surface area contributed by atoms with Gasteiger partial charge in [-0.2, -0.15) is 4.98 Å². The third-order valence-corrected chi connectivity index (χ3v) is 5.06. The summed E-state index contributed by atoms with van der Waals surface area (Å²) in [5.41, 5.74) is 3.06. The lowest BCUT2D eigenvalue weighted by atomic mass is 10.1. The fourth-order valence-corrected chi connectivity index (χ4v) is 3.37. The van der Waals surface area contributed by atoms with Crippen molar-refractivity contribution >= 4 is 16.9 Å². The minimum atomic E-state index is -0.343. The van der Waals surface area contributed by atoms with E-state index in [2.05, 4.69) is 25.4 Å². The summed E-state index contributed by atoms with van der Waals surface area (Å²) >= 11 is 0. The molecular weight excluding hydrogens is 428 g/mol. The molecule has 3 aromatic carbocycles. The average Bonchev–Trinajstić information content (AvgIpc) is 3.46. The second kappa shape index (κ2) is 8.62. The van der Waals surface area contributed by atoms with Crippen molar-refractivity contribution in [3.63, 3.8) is 0 Å². The Balaban J connectivity index is 1.20. The van der Waals surface area contributed by atoms with Gasteiger partial charge in [0.05, 0.1) is 11.0 Å². The van der Waals surface area contributed by atoms with Crippen molar-refractivity contribution in [1.82, 2.24) is 25.4 Å². The summed E-state index contributed by atoms with van der Waals surface area (Å²) in [6.45, 7) is 0.369. The summed E-state index contributed by atoms with van der Waals surface area (Å²) in [4.78, 5) is 24.2. The quantitative estimate of drug-likeness (QED) is 0.400. The van der Waals surface area contributed by atoms with E-state index in [1.807, 2.05) is 0 Å². The molecular formula is C24H17F2N5O2. The zero-order valence-electron chi connectivity index (χ0n) is 17.2. The van der Waals surface area contributed by atoms with Gasteiger partial charge in [0.25, 0.3) is 11.8 Å². The molecule has 9 heteroatoms. The van der Waals surface area contributed by atoms with E-state index >= 15 is 0 Å². The van der Waals surface area contributed by atoms with Crippen molar-refractivity contribution in [3.8, 4) is 22.8 Å². The molecule has 0 unspecified atom stereocenters. The van der Waals surface area contributed by atoms with Gasteiger partial charge in [0, 0.05) is 29.7 Å². The number of fused-ring (bicyclic) bond motifs is 1. The number of H-pyrrole nitrogens is 1. The first-order chi connectivity index (χ1) is 16.0. The van der Waals surface area contributed by atoms with E-state index in [1.54, 1.807) is 42.5 Å². The fourth-order valence-electron chi connectivity index (χ4n) is 3.37. The van der Waals surface area contributed by atoms with Crippen molar-refractivity contribution in [2.24, 2.45) is 0 Å². The highest BCUT2D eigenvalue weighted by Crippen LogP contribution is 2.23. The summed E-state index contributed by atoms with van der Waals surface area (Å²) in [5.74, 6) is 0.398. The van der Waals surface area contributed by atoms with Crippen molar-refractivity contribution < 1.29 is 18.1 Å². The van der Waals surface area contributed by atoms with E-state index in [0.29, 0.717) is 58.2 Å². The van der Waals surface area contributed by atoms with Crippen LogP contribution in [0.5, 0.6) is 0 Å². The van der Waals surface area contributed by atoms with Crippen LogP contribution < -0.4 is 5.32 Å². The predicted molar refractivity (Wildman–Crippen MR) is 117 cm³/mol. The Hall–Kier alpha value is -4.40. The molecule has 33 heavy (non-hydrogen) atoms. The Morgan fingerprint density at radius 1 is 0.909 bits per heavy atom. The van der Waals surface area contributed by atoms with E-state index in [4.69, 9.17) is 4.52 Å². The maximum absolute atomic E-state index is 13.3. The number of imidazole rings is 1. The summed E-state index contributed by atoms with van der Waals surface area (Å²) in [5, 5.41) is 6.76. The molecule has 5 rings (SSSR count). The summed E-state index contributed by atoms with van der Waals surface area (Å²) < 4.78 is 31.7. The Kier molecular flexibility index (Phi) is 5.35. The molecule has 0 aliphatic rings. The number of nitrogens with zero attached hydrogens (tertiary/aromatic N) is 3. The Labute approximate surface area is 186 Å². The zero-order chi connectivity index (χ0) is 22.8. The topological polar surface area (TPSA) is 96.7 Å². The molecule has 0 fully saturated rings. The van der Waals surface area contributed by atoms with Gasteiger partial charge in [0.15, 0.2) is 0 Å². The normalized spacial score (nSPS) is 11.1. The van der Waals surface area contributed by atoms with Crippen LogP contribution in [-0.4, -0.2) is 32.6 Å². The first kappa shape index (κ1) is 20.5. The van der Waals surface area contributed by atoms with Gasteiger partial charge in [-0.25, -0.2) is 13.8 Å². The molecule has 0 radical (unpaired) electrons. The molecule has 0 aliphatic carbocycles. The van der Waals surface area contributed by atoms with Crippen molar-refractivity contribution in [2.75, 3.05) is 6.54 Å². The lowest BCUT2D eigenvalue weighted by Gasteiger charge is -2.04. The number of aromatic amines is 1. The number of hydrogen-bond acceptors (Lipinski definition) is 5. The molecule has 0 bridgehead atoms. The van der Waals surface area contributed by atoms with Gasteiger partial charge in [0.2, 0.25) is 5.82 Å². The maximum Gasteiger partial charge on any atom is 0.258 e. The second-order valence-corrected chi connectivity index (χ2v) is 7.36. The number of aromatic nitrogens is 4. The predicted octanol–water partition coefficient (Wildman–Crippen LogP) is 4.53. The number of amides is 1. The molecule has 0 saturated carbocycles. The van der Waals surface area contributed by atoms with E-state index in [0.717, 1.165) is 0 Å². The molecule has 0 spiro atoms. The van der Waals surface area contributed by atoms with Crippen LogP contribution in [0.1, 0.15) is 16.2 Å². The van der Waals surface area contributed by atoms with Gasteiger partial charge >= 0.3 is 0 Å². The largest absolute Gasteiger partial charge is 0.352 e. The monoisotopic (exact) mass is 445 g/mol. The highest BCUT2D eigenvalue weighted by Gasteiger charge is 2.12. The van der Waals surface area contributed by atoms with Crippen LogP contribution in [0.15, 0.2) is 71.3 Å². The number of benzene rings is 3. The number of hydrogen-bond donors (Lipinski definition) is 2. The minimum absolute atomic E-state index is 0.235. The molecule has 7 nitrogen and oxygen atoms in total. The highest BCUT2D eigenvalue weighted by atomic mass is 19.1. The molecule has 5 aromatic rings.